The van der Waals surface area contributed by atoms with Crippen molar-refractivity contribution in [3.05, 3.63) is 13.2 Å². The molecule has 0 rings (SSSR count). The van der Waals surface area contributed by atoms with Gasteiger partial charge in [0.25, 0.3) is 0 Å². The number of hydrogen-bond acceptors (Lipinski definition) is 0. The second kappa shape index (κ2) is 21.9. The molecular formula is C2H4Na2+2. The smallest absolute Gasteiger partial charge is 0.106 e. The molecule has 0 saturated carbocycles. The Balaban J connectivity index is -0.00000000500. The minimum absolute atomic E-state index is 0. The second-order valence-corrected chi connectivity index (χ2v) is 0. The fourth-order valence-corrected chi connectivity index (χ4v) is 0. The molecule has 0 aliphatic carbocycles. The van der Waals surface area contributed by atoms with E-state index in [0.717, 1.165) is 0 Å². The topological polar surface area (TPSA) is 0 Å². The molecule has 12 valence electrons. The van der Waals surface area contributed by atoms with Crippen LogP contribution < -0.4 is 59.1 Å². The summed E-state index contributed by atoms with van der Waals surface area (Å²) in [5.41, 5.74) is 0. The van der Waals surface area contributed by atoms with E-state index in [9.17, 15) is 0 Å². The zero-order valence-corrected chi connectivity index (χ0v) is 7.41. The standard InChI is InChI=1S/C2H4.2Na/c1-2;;/h1-2H2;;/q;2*+1. The van der Waals surface area contributed by atoms with E-state index >= 15 is 0 Å². The molecule has 4 heavy (non-hydrogen) atoms. The van der Waals surface area contributed by atoms with Crippen molar-refractivity contribution in [1.29, 1.82) is 0 Å². The number of rotatable bonds is 0. The normalized spacial score (nSPS) is 1.00. The summed E-state index contributed by atoms with van der Waals surface area (Å²) in [6, 6.07) is 0. The van der Waals surface area contributed by atoms with Crippen LogP contribution in [0, 0.1) is 0 Å². The molecule has 0 aromatic heterocycles. The van der Waals surface area contributed by atoms with Gasteiger partial charge in [-0.05, 0) is 0 Å². The van der Waals surface area contributed by atoms with E-state index in [1.807, 2.05) is 0 Å². The average Bonchev–Trinajstić information content (AvgIpc) is 1.00. The van der Waals surface area contributed by atoms with Crippen LogP contribution in [0.5, 0.6) is 0 Å². The molecule has 0 bridgehead atoms. The van der Waals surface area contributed by atoms with Crippen LogP contribution in [0.2, 0.25) is 0 Å². The maximum atomic E-state index is 3.00. The third-order valence-electron chi connectivity index (χ3n) is 0. The van der Waals surface area contributed by atoms with Gasteiger partial charge in [-0.1, -0.05) is 0 Å². The van der Waals surface area contributed by atoms with Crippen LogP contribution in [0.25, 0.3) is 0 Å². The van der Waals surface area contributed by atoms with Gasteiger partial charge < -0.3 is 0 Å². The van der Waals surface area contributed by atoms with Gasteiger partial charge >= 0.3 is 59.1 Å². The predicted molar refractivity (Wildman–Crippen MR) is 11.3 cm³/mol. The number of hydrogen-bond donors (Lipinski definition) is 0. The zero-order chi connectivity index (χ0) is 2.00. The van der Waals surface area contributed by atoms with E-state index in [0.29, 0.717) is 0 Å². The fourth-order valence-electron chi connectivity index (χ4n) is 0. The van der Waals surface area contributed by atoms with Crippen molar-refractivity contribution in [2.45, 2.75) is 0 Å². The average molecular weight is 74.0 g/mol. The molecule has 0 radical (unpaired) electrons. The Morgan fingerprint density at radius 2 is 0.750 bits per heavy atom. The van der Waals surface area contributed by atoms with Gasteiger partial charge in [0.2, 0.25) is 0 Å². The van der Waals surface area contributed by atoms with Gasteiger partial charge in [-0.15, -0.1) is 13.2 Å². The van der Waals surface area contributed by atoms with E-state index in [-0.39, 0.29) is 59.1 Å². The Morgan fingerprint density at radius 3 is 0.750 bits per heavy atom. The van der Waals surface area contributed by atoms with Crippen molar-refractivity contribution in [3.63, 3.8) is 0 Å². The van der Waals surface area contributed by atoms with Gasteiger partial charge in [0.1, 0.15) is 0 Å². The molecule has 0 heterocycles. The first-order chi connectivity index (χ1) is 1.00. The molecule has 0 atom stereocenters. The zero-order valence-electron chi connectivity index (χ0n) is 3.41. The predicted octanol–water partition coefficient (Wildman–Crippen LogP) is -5.19. The molecule has 0 aliphatic rings. The van der Waals surface area contributed by atoms with E-state index in [1.54, 1.807) is 0 Å². The molecule has 2 heteroatoms. The molecule has 0 aromatic carbocycles. The molecule has 0 amide bonds. The first-order valence-corrected chi connectivity index (χ1v) is 0.500. The minimum Gasteiger partial charge on any atom is -0.106 e. The van der Waals surface area contributed by atoms with E-state index in [1.165, 1.54) is 0 Å². The van der Waals surface area contributed by atoms with Crippen molar-refractivity contribution < 1.29 is 59.1 Å². The Bertz CT molecular complexity index is 4.00. The van der Waals surface area contributed by atoms with E-state index in [2.05, 4.69) is 13.2 Å². The van der Waals surface area contributed by atoms with Gasteiger partial charge in [-0.2, -0.15) is 0 Å². The van der Waals surface area contributed by atoms with Gasteiger partial charge in [-0.3, -0.25) is 0 Å². The maximum Gasteiger partial charge on any atom is 1.00 e. The van der Waals surface area contributed by atoms with Crippen molar-refractivity contribution in [2.75, 3.05) is 0 Å². The summed E-state index contributed by atoms with van der Waals surface area (Å²) in [4.78, 5) is 0. The largest absolute Gasteiger partial charge is 1.00 e. The summed E-state index contributed by atoms with van der Waals surface area (Å²) in [6.45, 7) is 6.00. The summed E-state index contributed by atoms with van der Waals surface area (Å²) in [5, 5.41) is 0. The third kappa shape index (κ3) is 9.27. The summed E-state index contributed by atoms with van der Waals surface area (Å²) >= 11 is 0. The Morgan fingerprint density at radius 1 is 0.750 bits per heavy atom. The van der Waals surface area contributed by atoms with Gasteiger partial charge in [0, 0.05) is 0 Å². The van der Waals surface area contributed by atoms with Crippen LogP contribution in [0.1, 0.15) is 0 Å². The molecule has 0 saturated heterocycles. The van der Waals surface area contributed by atoms with Crippen molar-refractivity contribution in [2.24, 2.45) is 0 Å². The molecule has 0 nitrogen and oxygen atoms in total. The fraction of sp³-hybridized carbons (Fsp3) is 0. The van der Waals surface area contributed by atoms with Crippen LogP contribution in [-0.4, -0.2) is 0 Å². The molecular weight excluding hydrogens is 70.0 g/mol. The molecule has 0 fully saturated rings. The maximum absolute atomic E-state index is 3.00. The first kappa shape index (κ1) is 17.2. The van der Waals surface area contributed by atoms with Gasteiger partial charge in [0.15, 0.2) is 0 Å². The second-order valence-electron chi connectivity index (χ2n) is 0. The summed E-state index contributed by atoms with van der Waals surface area (Å²) in [6.07, 6.45) is 0. The monoisotopic (exact) mass is 74.0 g/mol. The SMILES string of the molecule is C=C.[Na+].[Na+]. The Kier molecular flexibility index (Phi) is 94.0. The summed E-state index contributed by atoms with van der Waals surface area (Å²) < 4.78 is 0. The van der Waals surface area contributed by atoms with Crippen LogP contribution in [0.4, 0.5) is 0 Å². The summed E-state index contributed by atoms with van der Waals surface area (Å²) in [7, 11) is 0. The van der Waals surface area contributed by atoms with E-state index in [4.69, 9.17) is 0 Å². The minimum atomic E-state index is 0. The molecule has 0 aliphatic heterocycles. The van der Waals surface area contributed by atoms with E-state index < -0.39 is 0 Å². The molecule has 0 spiro atoms. The van der Waals surface area contributed by atoms with Crippen molar-refractivity contribution >= 4 is 0 Å². The third-order valence-corrected chi connectivity index (χ3v) is 0. The molecule has 0 unspecified atom stereocenters. The van der Waals surface area contributed by atoms with Crippen LogP contribution in [-0.2, 0) is 0 Å². The van der Waals surface area contributed by atoms with Crippen LogP contribution in [0.3, 0.4) is 0 Å². The first-order valence-electron chi connectivity index (χ1n) is 0.500. The van der Waals surface area contributed by atoms with Crippen molar-refractivity contribution in [1.82, 2.24) is 0 Å². The van der Waals surface area contributed by atoms with Gasteiger partial charge in [0.05, 0.1) is 0 Å². The van der Waals surface area contributed by atoms with Crippen LogP contribution >= 0.6 is 0 Å². The Hall–Kier alpha value is 1.74. The van der Waals surface area contributed by atoms with Gasteiger partial charge in [-0.25, -0.2) is 0 Å². The van der Waals surface area contributed by atoms with Crippen LogP contribution in [0.15, 0.2) is 13.2 Å². The molecule has 0 aromatic rings. The van der Waals surface area contributed by atoms with Crippen molar-refractivity contribution in [3.8, 4) is 0 Å². The Labute approximate surface area is 71.2 Å². The summed E-state index contributed by atoms with van der Waals surface area (Å²) in [5.74, 6) is 0. The quantitative estimate of drug-likeness (QED) is 0.199. The molecule has 0 N–H and O–H groups in total.